The highest BCUT2D eigenvalue weighted by atomic mass is 32.3. The molecule has 2 rings (SSSR count). The number of alkyl halides is 6. The van der Waals surface area contributed by atoms with Crippen LogP contribution in [-0.4, -0.2) is 32.8 Å². The van der Waals surface area contributed by atoms with Crippen LogP contribution < -0.4 is 4.13 Å². The van der Waals surface area contributed by atoms with Gasteiger partial charge in [0.05, 0.1) is 0 Å². The molecule has 1 aromatic heterocycles. The third-order valence-corrected chi connectivity index (χ3v) is 10.8. The molecule has 272 valence electrons. The van der Waals surface area contributed by atoms with Gasteiger partial charge in [0.1, 0.15) is 0 Å². The lowest BCUT2D eigenvalue weighted by Gasteiger charge is -2.11. The molecule has 6 nitrogen and oxygen atoms in total. The number of halogens is 6. The van der Waals surface area contributed by atoms with E-state index in [0.717, 1.165) is 6.42 Å². The molecular formula is C33H52F6N2O4S2. The fraction of sp³-hybridized carbons (Fsp3) is 0.727. The van der Waals surface area contributed by atoms with Gasteiger partial charge in [-0.1, -0.05) is 157 Å². The van der Waals surface area contributed by atoms with Gasteiger partial charge in [0.2, 0.25) is 0 Å². The SMILES string of the molecule is CCCCCCCCCCCCCCCCCCCCCCc1nccc2ccccc12.O=S(=O)(NS(=O)(=O)C(F)(F)F)C(F)(F)F. The van der Waals surface area contributed by atoms with Crippen molar-refractivity contribution < 1.29 is 43.2 Å². The molecule has 14 heteroatoms. The van der Waals surface area contributed by atoms with E-state index in [1.54, 1.807) is 0 Å². The van der Waals surface area contributed by atoms with E-state index in [-0.39, 0.29) is 0 Å². The van der Waals surface area contributed by atoms with Crippen LogP contribution in [0.25, 0.3) is 10.8 Å². The average molecular weight is 719 g/mol. The number of fused-ring (bicyclic) bond motifs is 1. The van der Waals surface area contributed by atoms with Gasteiger partial charge in [-0.3, -0.25) is 4.98 Å². The molecule has 0 aliphatic heterocycles. The van der Waals surface area contributed by atoms with Gasteiger partial charge >= 0.3 is 31.1 Å². The summed E-state index contributed by atoms with van der Waals surface area (Å²) in [6.07, 6.45) is 31.9. The molecule has 1 N–H and O–H groups in total. The van der Waals surface area contributed by atoms with Crippen molar-refractivity contribution in [3.63, 3.8) is 0 Å². The zero-order chi connectivity index (χ0) is 35.2. The number of aromatic nitrogens is 1. The summed E-state index contributed by atoms with van der Waals surface area (Å²) in [7, 11) is -13.2. The van der Waals surface area contributed by atoms with E-state index in [0.29, 0.717) is 0 Å². The van der Waals surface area contributed by atoms with Crippen molar-refractivity contribution in [3.05, 3.63) is 42.2 Å². The minimum absolute atomic E-state index is 0.493. The van der Waals surface area contributed by atoms with Crippen LogP contribution in [0.5, 0.6) is 0 Å². The zero-order valence-corrected chi connectivity index (χ0v) is 29.1. The Bertz CT molecular complexity index is 1290. The van der Waals surface area contributed by atoms with E-state index in [2.05, 4.69) is 42.2 Å². The van der Waals surface area contributed by atoms with Gasteiger partial charge in [-0.05, 0) is 24.3 Å². The second-order valence-electron chi connectivity index (χ2n) is 11.9. The summed E-state index contributed by atoms with van der Waals surface area (Å²) >= 11 is 0. The Balaban J connectivity index is 0.000000620. The van der Waals surface area contributed by atoms with Crippen LogP contribution >= 0.6 is 0 Å². The summed E-state index contributed by atoms with van der Waals surface area (Å²) in [5.74, 6) is 0. The summed E-state index contributed by atoms with van der Waals surface area (Å²) < 4.78 is 108. The molecule has 0 aliphatic carbocycles. The maximum Gasteiger partial charge on any atom is 0.512 e. The normalized spacial score (nSPS) is 12.7. The number of nitrogens with zero attached hydrogens (tertiary/aromatic N) is 1. The van der Waals surface area contributed by atoms with Gasteiger partial charge in [0.15, 0.2) is 0 Å². The highest BCUT2D eigenvalue weighted by Gasteiger charge is 2.55. The first-order chi connectivity index (χ1) is 22.1. The summed E-state index contributed by atoms with van der Waals surface area (Å²) in [5.41, 5.74) is -11.0. The van der Waals surface area contributed by atoms with Crippen molar-refractivity contribution in [3.8, 4) is 0 Å². The van der Waals surface area contributed by atoms with Crippen molar-refractivity contribution >= 4 is 30.8 Å². The lowest BCUT2D eigenvalue weighted by atomic mass is 10.0. The molecule has 47 heavy (non-hydrogen) atoms. The number of pyridine rings is 1. The largest absolute Gasteiger partial charge is 0.512 e. The average Bonchev–Trinajstić information content (AvgIpc) is 2.99. The van der Waals surface area contributed by atoms with Crippen LogP contribution in [0.4, 0.5) is 26.3 Å². The number of aryl methyl sites for hydroxylation is 1. The van der Waals surface area contributed by atoms with Crippen molar-refractivity contribution in [2.75, 3.05) is 0 Å². The molecule has 0 saturated carbocycles. The van der Waals surface area contributed by atoms with Gasteiger partial charge in [-0.25, -0.2) is 16.8 Å². The van der Waals surface area contributed by atoms with Crippen LogP contribution in [0.3, 0.4) is 0 Å². The van der Waals surface area contributed by atoms with Crippen LogP contribution in [-0.2, 0) is 26.5 Å². The molecule has 0 spiro atoms. The molecule has 0 fully saturated rings. The van der Waals surface area contributed by atoms with Gasteiger partial charge < -0.3 is 0 Å². The summed E-state index contributed by atoms with van der Waals surface area (Å²) in [5, 5.41) is 2.67. The molecular weight excluding hydrogens is 666 g/mol. The van der Waals surface area contributed by atoms with Crippen molar-refractivity contribution in [1.29, 1.82) is 0 Å². The third kappa shape index (κ3) is 18.4. The highest BCUT2D eigenvalue weighted by Crippen LogP contribution is 2.27. The Labute approximate surface area is 277 Å². The fourth-order valence-corrected chi connectivity index (χ4v) is 7.08. The lowest BCUT2D eigenvalue weighted by molar-refractivity contribution is -0.0476. The van der Waals surface area contributed by atoms with Gasteiger partial charge in [0.25, 0.3) is 0 Å². The predicted molar refractivity (Wildman–Crippen MR) is 177 cm³/mol. The molecule has 0 bridgehead atoms. The maximum atomic E-state index is 11.5. The van der Waals surface area contributed by atoms with E-state index in [9.17, 15) is 43.2 Å². The zero-order valence-electron chi connectivity index (χ0n) is 27.5. The van der Waals surface area contributed by atoms with E-state index in [4.69, 9.17) is 0 Å². The van der Waals surface area contributed by atoms with E-state index < -0.39 is 35.2 Å². The molecule has 0 saturated heterocycles. The quantitative estimate of drug-likeness (QED) is 0.0912. The van der Waals surface area contributed by atoms with E-state index in [1.807, 2.05) is 6.20 Å². The van der Waals surface area contributed by atoms with Gasteiger partial charge in [-0.2, -0.15) is 26.3 Å². The number of nitrogens with one attached hydrogen (secondary N) is 1. The molecule has 1 aromatic carbocycles. The molecule has 0 amide bonds. The minimum atomic E-state index is -6.60. The predicted octanol–water partition coefficient (Wildman–Crippen LogP) is 10.9. The smallest absolute Gasteiger partial charge is 0.261 e. The Morgan fingerprint density at radius 1 is 0.553 bits per heavy atom. The molecule has 2 aromatic rings. The monoisotopic (exact) mass is 718 g/mol. The number of sulfonamides is 2. The number of benzene rings is 1. The van der Waals surface area contributed by atoms with Crippen molar-refractivity contribution in [1.82, 2.24) is 9.11 Å². The summed E-state index contributed by atoms with van der Waals surface area (Å²) in [4.78, 5) is 4.63. The van der Waals surface area contributed by atoms with E-state index in [1.165, 1.54) is 145 Å². The maximum absolute atomic E-state index is 11.5. The molecule has 0 unspecified atom stereocenters. The summed E-state index contributed by atoms with van der Waals surface area (Å²) in [6.45, 7) is 2.30. The first-order valence-corrected chi connectivity index (χ1v) is 19.8. The third-order valence-electron chi connectivity index (χ3n) is 7.85. The Morgan fingerprint density at radius 3 is 1.30 bits per heavy atom. The highest BCUT2D eigenvalue weighted by molar-refractivity contribution is 8.05. The van der Waals surface area contributed by atoms with Crippen LogP contribution in [0.15, 0.2) is 36.5 Å². The Kier molecular flexibility index (Phi) is 20.8. The lowest BCUT2D eigenvalue weighted by Crippen LogP contribution is -2.45. The van der Waals surface area contributed by atoms with E-state index >= 15 is 0 Å². The van der Waals surface area contributed by atoms with Crippen molar-refractivity contribution in [2.45, 2.75) is 153 Å². The van der Waals surface area contributed by atoms with Crippen LogP contribution in [0, 0.1) is 0 Å². The van der Waals surface area contributed by atoms with Crippen LogP contribution in [0.2, 0.25) is 0 Å². The number of hydrogen-bond donors (Lipinski definition) is 1. The van der Waals surface area contributed by atoms with Crippen LogP contribution in [0.1, 0.15) is 141 Å². The molecule has 1 heterocycles. The second kappa shape index (κ2) is 22.7. The number of hydrogen-bond acceptors (Lipinski definition) is 5. The molecule has 0 radical (unpaired) electrons. The first-order valence-electron chi connectivity index (χ1n) is 16.9. The molecule has 0 atom stereocenters. The summed E-state index contributed by atoms with van der Waals surface area (Å²) in [6, 6.07) is 10.8. The minimum Gasteiger partial charge on any atom is -0.261 e. The fourth-order valence-electron chi connectivity index (χ4n) is 5.17. The van der Waals surface area contributed by atoms with Gasteiger partial charge in [0, 0.05) is 17.3 Å². The first kappa shape index (κ1) is 43.1. The molecule has 0 aliphatic rings. The standard InChI is InChI=1S/C31H51N.C2HF6NO4S2/c1-2-3-4-5-6-7-8-9-10-11-12-13-14-15-16-17-18-19-20-21-26-31-30-25-23-22-24-29(30)27-28-32-31;3-1(4,5)14(10,11)9-15(12,13)2(6,7)8/h22-25,27-28H,2-21,26H2,1H3;9H. The second-order valence-corrected chi connectivity index (χ2v) is 15.5. The topological polar surface area (TPSA) is 93.2 Å². The number of rotatable bonds is 23. The Hall–Kier alpha value is -1.93. The number of unbranched alkanes of at least 4 members (excludes halogenated alkanes) is 19. The van der Waals surface area contributed by atoms with Gasteiger partial charge in [-0.15, -0.1) is 0 Å². The Morgan fingerprint density at radius 2 is 0.915 bits per heavy atom. The van der Waals surface area contributed by atoms with Crippen molar-refractivity contribution in [2.24, 2.45) is 0 Å².